The SMILES string of the molecule is C[C@@H]1CN([C@@H](CNS(=O)(=O)c2ccc(N3CCCC3=O)cc2)c2c(F)cccc2Cl)CCO1. The number of anilines is 1. The molecule has 4 rings (SSSR count). The van der Waals surface area contributed by atoms with Crippen molar-refractivity contribution >= 4 is 33.2 Å². The van der Waals surface area contributed by atoms with Crippen molar-refractivity contribution in [2.45, 2.75) is 36.8 Å². The third-order valence-electron chi connectivity index (χ3n) is 6.05. The fourth-order valence-electron chi connectivity index (χ4n) is 4.37. The zero-order valence-electron chi connectivity index (χ0n) is 18.3. The first-order chi connectivity index (χ1) is 15.8. The summed E-state index contributed by atoms with van der Waals surface area (Å²) in [5, 5.41) is 0.248. The summed E-state index contributed by atoms with van der Waals surface area (Å²) in [5.41, 5.74) is 0.939. The van der Waals surface area contributed by atoms with E-state index < -0.39 is 21.9 Å². The minimum absolute atomic E-state index is 0.0353. The minimum atomic E-state index is -3.87. The number of hydrogen-bond donors (Lipinski definition) is 1. The maximum atomic E-state index is 14.8. The zero-order valence-corrected chi connectivity index (χ0v) is 19.9. The van der Waals surface area contributed by atoms with E-state index >= 15 is 0 Å². The van der Waals surface area contributed by atoms with Gasteiger partial charge in [0.15, 0.2) is 0 Å². The van der Waals surface area contributed by atoms with Crippen LogP contribution in [0.25, 0.3) is 0 Å². The van der Waals surface area contributed by atoms with Crippen molar-refractivity contribution in [1.82, 2.24) is 9.62 Å². The maximum Gasteiger partial charge on any atom is 0.240 e. The van der Waals surface area contributed by atoms with Gasteiger partial charge in [0.1, 0.15) is 5.82 Å². The molecule has 0 unspecified atom stereocenters. The Balaban J connectivity index is 1.54. The first-order valence-corrected chi connectivity index (χ1v) is 12.8. The van der Waals surface area contributed by atoms with E-state index in [0.29, 0.717) is 38.3 Å². The lowest BCUT2D eigenvalue weighted by molar-refractivity contribution is -0.117. The number of ether oxygens (including phenoxy) is 1. The van der Waals surface area contributed by atoms with Crippen molar-refractivity contribution in [2.75, 3.05) is 37.7 Å². The number of halogens is 2. The first kappa shape index (κ1) is 24.1. The van der Waals surface area contributed by atoms with Crippen LogP contribution in [0.2, 0.25) is 5.02 Å². The van der Waals surface area contributed by atoms with E-state index in [1.54, 1.807) is 23.1 Å². The maximum absolute atomic E-state index is 14.8. The second-order valence-electron chi connectivity index (χ2n) is 8.32. The highest BCUT2D eigenvalue weighted by molar-refractivity contribution is 7.89. The van der Waals surface area contributed by atoms with Crippen LogP contribution >= 0.6 is 11.6 Å². The smallest absolute Gasteiger partial charge is 0.240 e. The Morgan fingerprint density at radius 1 is 1.21 bits per heavy atom. The van der Waals surface area contributed by atoms with E-state index in [1.165, 1.54) is 24.3 Å². The highest BCUT2D eigenvalue weighted by atomic mass is 35.5. The Kier molecular flexibility index (Phi) is 7.35. The summed E-state index contributed by atoms with van der Waals surface area (Å²) in [6, 6.07) is 10.1. The quantitative estimate of drug-likeness (QED) is 0.637. The number of rotatable bonds is 7. The molecule has 1 amide bonds. The Hall–Kier alpha value is -2.04. The average molecular weight is 496 g/mol. The van der Waals surface area contributed by atoms with Crippen LogP contribution in [0.15, 0.2) is 47.4 Å². The van der Waals surface area contributed by atoms with Crippen LogP contribution in [0.5, 0.6) is 0 Å². The molecule has 2 aromatic rings. The van der Waals surface area contributed by atoms with E-state index in [-0.39, 0.29) is 34.0 Å². The molecule has 2 fully saturated rings. The topological polar surface area (TPSA) is 79.0 Å². The Labute approximate surface area is 198 Å². The van der Waals surface area contributed by atoms with Crippen LogP contribution in [0.1, 0.15) is 31.4 Å². The summed E-state index contributed by atoms with van der Waals surface area (Å²) in [7, 11) is -3.87. The van der Waals surface area contributed by atoms with Gasteiger partial charge in [-0.1, -0.05) is 17.7 Å². The number of sulfonamides is 1. The van der Waals surface area contributed by atoms with Crippen molar-refractivity contribution in [2.24, 2.45) is 0 Å². The van der Waals surface area contributed by atoms with Gasteiger partial charge in [0.2, 0.25) is 15.9 Å². The lowest BCUT2D eigenvalue weighted by atomic mass is 10.0. The summed E-state index contributed by atoms with van der Waals surface area (Å²) >= 11 is 6.33. The van der Waals surface area contributed by atoms with Crippen LogP contribution in [0, 0.1) is 5.82 Å². The van der Waals surface area contributed by atoms with Gasteiger partial charge in [-0.25, -0.2) is 17.5 Å². The monoisotopic (exact) mass is 495 g/mol. The lowest BCUT2D eigenvalue weighted by Crippen LogP contribution is -2.46. The standard InChI is InChI=1S/C23H27ClFN3O4S/c1-16-15-27(12-13-32-16)21(23-19(24)4-2-5-20(23)25)14-26-33(30,31)18-9-7-17(8-10-18)28-11-3-6-22(28)29/h2,4-5,7-10,16,21,26H,3,6,11-15H2,1H3/t16-,21+/m1/s1. The first-order valence-electron chi connectivity index (χ1n) is 11.0. The Bertz CT molecular complexity index is 1090. The molecule has 2 heterocycles. The molecule has 2 aliphatic heterocycles. The molecular weight excluding hydrogens is 469 g/mol. The van der Waals surface area contributed by atoms with Gasteiger partial charge in [-0.05, 0) is 49.7 Å². The van der Waals surface area contributed by atoms with Crippen molar-refractivity contribution in [3.63, 3.8) is 0 Å². The van der Waals surface area contributed by atoms with Gasteiger partial charge in [0, 0.05) is 48.9 Å². The van der Waals surface area contributed by atoms with Gasteiger partial charge < -0.3 is 9.64 Å². The molecule has 178 valence electrons. The van der Waals surface area contributed by atoms with Gasteiger partial charge in [-0.2, -0.15) is 0 Å². The summed E-state index contributed by atoms with van der Waals surface area (Å²) < 4.78 is 49.0. The molecule has 0 aliphatic carbocycles. The predicted octanol–water partition coefficient (Wildman–Crippen LogP) is 3.35. The van der Waals surface area contributed by atoms with Gasteiger partial charge in [-0.15, -0.1) is 0 Å². The lowest BCUT2D eigenvalue weighted by Gasteiger charge is -2.38. The predicted molar refractivity (Wildman–Crippen MR) is 124 cm³/mol. The molecule has 10 heteroatoms. The second-order valence-corrected chi connectivity index (χ2v) is 10.5. The highest BCUT2D eigenvalue weighted by Gasteiger charge is 2.31. The molecule has 0 radical (unpaired) electrons. The molecule has 0 saturated carbocycles. The number of carbonyl (C=O) groups excluding carboxylic acids is 1. The number of carbonyl (C=O) groups is 1. The number of benzene rings is 2. The molecule has 0 aromatic heterocycles. The molecule has 7 nitrogen and oxygen atoms in total. The number of nitrogens with one attached hydrogen (secondary N) is 1. The summed E-state index contributed by atoms with van der Waals surface area (Å²) in [6.45, 7) is 4.01. The zero-order chi connectivity index (χ0) is 23.6. The molecule has 2 saturated heterocycles. The summed E-state index contributed by atoms with van der Waals surface area (Å²) in [5.74, 6) is -0.446. The number of nitrogens with zero attached hydrogens (tertiary/aromatic N) is 2. The third-order valence-corrected chi connectivity index (χ3v) is 7.81. The van der Waals surface area contributed by atoms with E-state index in [4.69, 9.17) is 16.3 Å². The largest absolute Gasteiger partial charge is 0.376 e. The van der Waals surface area contributed by atoms with Crippen molar-refractivity contribution in [3.8, 4) is 0 Å². The number of amides is 1. The highest BCUT2D eigenvalue weighted by Crippen LogP contribution is 2.31. The molecule has 33 heavy (non-hydrogen) atoms. The van der Waals surface area contributed by atoms with Crippen molar-refractivity contribution in [3.05, 3.63) is 58.9 Å². The van der Waals surface area contributed by atoms with Crippen LogP contribution in [-0.4, -0.2) is 58.1 Å². The summed E-state index contributed by atoms with van der Waals surface area (Å²) in [6.07, 6.45) is 1.23. The second kappa shape index (κ2) is 10.1. The van der Waals surface area contributed by atoms with E-state index in [9.17, 15) is 17.6 Å². The van der Waals surface area contributed by atoms with Crippen LogP contribution in [-0.2, 0) is 19.6 Å². The third kappa shape index (κ3) is 5.38. The molecule has 1 N–H and O–H groups in total. The minimum Gasteiger partial charge on any atom is -0.376 e. The molecule has 0 spiro atoms. The number of morpholine rings is 1. The van der Waals surface area contributed by atoms with E-state index in [1.807, 2.05) is 11.8 Å². The van der Waals surface area contributed by atoms with Gasteiger partial charge >= 0.3 is 0 Å². The van der Waals surface area contributed by atoms with E-state index in [0.717, 1.165) is 6.42 Å². The molecule has 2 atom stereocenters. The van der Waals surface area contributed by atoms with Gasteiger partial charge in [0.25, 0.3) is 0 Å². The normalized spacial score (nSPS) is 20.9. The fourth-order valence-corrected chi connectivity index (χ4v) is 5.70. The number of hydrogen-bond acceptors (Lipinski definition) is 5. The van der Waals surface area contributed by atoms with Gasteiger partial charge in [0.05, 0.1) is 23.6 Å². The van der Waals surface area contributed by atoms with E-state index in [2.05, 4.69) is 4.72 Å². The Morgan fingerprint density at radius 3 is 2.61 bits per heavy atom. The van der Waals surface area contributed by atoms with Crippen LogP contribution in [0.4, 0.5) is 10.1 Å². The summed E-state index contributed by atoms with van der Waals surface area (Å²) in [4.78, 5) is 15.7. The van der Waals surface area contributed by atoms with Crippen LogP contribution in [0.3, 0.4) is 0 Å². The molecule has 2 aliphatic rings. The van der Waals surface area contributed by atoms with Crippen molar-refractivity contribution in [1.29, 1.82) is 0 Å². The Morgan fingerprint density at radius 2 is 1.97 bits per heavy atom. The molecular formula is C23H27ClFN3O4S. The fraction of sp³-hybridized carbons (Fsp3) is 0.435. The van der Waals surface area contributed by atoms with Crippen LogP contribution < -0.4 is 9.62 Å². The molecule has 2 aromatic carbocycles. The average Bonchev–Trinajstić information content (AvgIpc) is 3.21. The van der Waals surface area contributed by atoms with Crippen molar-refractivity contribution < 1.29 is 22.3 Å². The molecule has 0 bridgehead atoms. The van der Waals surface area contributed by atoms with Gasteiger partial charge in [-0.3, -0.25) is 9.69 Å².